The van der Waals surface area contributed by atoms with Crippen molar-refractivity contribution in [1.82, 2.24) is 14.9 Å². The van der Waals surface area contributed by atoms with E-state index < -0.39 is 10.0 Å². The maximum absolute atomic E-state index is 13.4. The number of H-pyrrole nitrogens is 1. The molecule has 0 spiro atoms. The lowest BCUT2D eigenvalue weighted by Gasteiger charge is -2.38. The van der Waals surface area contributed by atoms with Crippen molar-refractivity contribution >= 4 is 44.0 Å². The predicted octanol–water partition coefficient (Wildman–Crippen LogP) is 4.28. The average molecular weight is 513 g/mol. The number of hydrogen-bond donors (Lipinski definition) is 3. The van der Waals surface area contributed by atoms with E-state index >= 15 is 0 Å². The predicted molar refractivity (Wildman–Crippen MR) is 146 cm³/mol. The molecule has 0 aliphatic carbocycles. The summed E-state index contributed by atoms with van der Waals surface area (Å²) in [5.74, 6) is 0.870. The lowest BCUT2D eigenvalue weighted by atomic mass is 10.0. The quantitative estimate of drug-likeness (QED) is 0.416. The van der Waals surface area contributed by atoms with Crippen LogP contribution < -0.4 is 14.9 Å². The number of pyridine rings is 1. The minimum absolute atomic E-state index is 0.0373. The second kappa shape index (κ2) is 10.0. The van der Waals surface area contributed by atoms with Crippen LogP contribution >= 0.6 is 0 Å². The van der Waals surface area contributed by atoms with Gasteiger partial charge in [0, 0.05) is 60.7 Å². The lowest BCUT2D eigenvalue weighted by molar-refractivity contribution is 0.0715. The van der Waals surface area contributed by atoms with E-state index in [1.54, 1.807) is 24.4 Å². The molecule has 0 radical (unpaired) electrons. The van der Waals surface area contributed by atoms with Gasteiger partial charge in [-0.1, -0.05) is 6.92 Å². The number of anilines is 3. The van der Waals surface area contributed by atoms with Gasteiger partial charge >= 0.3 is 0 Å². The van der Waals surface area contributed by atoms with Crippen LogP contribution in [-0.2, 0) is 10.0 Å². The van der Waals surface area contributed by atoms with Crippen LogP contribution in [0.5, 0.6) is 0 Å². The Labute approximate surface area is 213 Å². The fourth-order valence-electron chi connectivity index (χ4n) is 4.60. The summed E-state index contributed by atoms with van der Waals surface area (Å²) in [6.07, 6.45) is 7.29. The van der Waals surface area contributed by atoms with Gasteiger partial charge < -0.3 is 20.1 Å². The molecular weight excluding hydrogens is 476 g/mol. The summed E-state index contributed by atoms with van der Waals surface area (Å²) in [5, 5.41) is 4.33. The van der Waals surface area contributed by atoms with Gasteiger partial charge in [0.2, 0.25) is 10.0 Å². The smallest absolute Gasteiger partial charge is 0.256 e. The molecule has 10 heteroatoms. The molecule has 2 aromatic heterocycles. The topological polar surface area (TPSA) is 110 Å². The Balaban J connectivity index is 1.46. The first-order valence-electron chi connectivity index (χ1n) is 12.3. The Morgan fingerprint density at radius 3 is 2.64 bits per heavy atom. The molecule has 3 aromatic rings. The molecule has 1 aromatic carbocycles. The summed E-state index contributed by atoms with van der Waals surface area (Å²) < 4.78 is 25.7. The molecule has 1 aliphatic rings. The minimum Gasteiger partial charge on any atom is -0.377 e. The minimum atomic E-state index is -3.40. The molecule has 0 atom stereocenters. The lowest BCUT2D eigenvalue weighted by Crippen LogP contribution is -2.46. The monoisotopic (exact) mass is 512 g/mol. The summed E-state index contributed by atoms with van der Waals surface area (Å²) in [7, 11) is -1.33. The van der Waals surface area contributed by atoms with Crippen LogP contribution in [0.15, 0.2) is 42.7 Å². The van der Waals surface area contributed by atoms with Gasteiger partial charge in [-0.05, 0) is 63.4 Å². The molecule has 0 bridgehead atoms. The summed E-state index contributed by atoms with van der Waals surface area (Å²) in [4.78, 5) is 25.3. The number of aromatic amines is 1. The van der Waals surface area contributed by atoms with Crippen LogP contribution in [0.2, 0.25) is 0 Å². The maximum Gasteiger partial charge on any atom is 0.256 e. The number of fused-ring (bicyclic) bond motifs is 1. The highest BCUT2D eigenvalue weighted by molar-refractivity contribution is 7.92. The number of nitrogens with zero attached hydrogens (tertiary/aromatic N) is 3. The van der Waals surface area contributed by atoms with Gasteiger partial charge in [0.25, 0.3) is 5.91 Å². The molecule has 1 aliphatic heterocycles. The summed E-state index contributed by atoms with van der Waals surface area (Å²) >= 11 is 0. The van der Waals surface area contributed by atoms with Crippen molar-refractivity contribution in [3.05, 3.63) is 48.3 Å². The van der Waals surface area contributed by atoms with Gasteiger partial charge in [-0.3, -0.25) is 9.52 Å². The van der Waals surface area contributed by atoms with E-state index in [1.807, 2.05) is 17.2 Å². The summed E-state index contributed by atoms with van der Waals surface area (Å²) in [5.41, 5.74) is 2.75. The Morgan fingerprint density at radius 1 is 1.25 bits per heavy atom. The van der Waals surface area contributed by atoms with E-state index in [0.29, 0.717) is 29.7 Å². The van der Waals surface area contributed by atoms with Crippen molar-refractivity contribution in [2.75, 3.05) is 41.3 Å². The average Bonchev–Trinajstić information content (AvgIpc) is 3.25. The number of hydrogen-bond acceptors (Lipinski definition) is 6. The van der Waals surface area contributed by atoms with Crippen LogP contribution in [0, 0.1) is 0 Å². The number of sulfonamides is 1. The molecule has 9 nitrogen and oxygen atoms in total. The standard InChI is InChI=1S/C26H36N6O3S/c1-6-26(2,3)29-23-8-7-13-27-24(23)31(4)19-11-14-32(15-12-19)25(33)21-17-28-22-10-9-18(16-20(21)22)30-36(5,34)35/h7-10,13,16-17,19,28-30H,6,11-12,14-15H2,1-5H3. The molecule has 194 valence electrons. The Morgan fingerprint density at radius 2 is 1.97 bits per heavy atom. The zero-order valence-corrected chi connectivity index (χ0v) is 22.4. The molecule has 0 unspecified atom stereocenters. The number of carbonyl (C=O) groups excluding carboxylic acids is 1. The zero-order valence-electron chi connectivity index (χ0n) is 21.6. The number of likely N-dealkylation sites (tertiary alicyclic amines) is 1. The normalized spacial score (nSPS) is 15.2. The molecule has 3 heterocycles. The number of amides is 1. The van der Waals surface area contributed by atoms with Gasteiger partial charge in [-0.2, -0.15) is 0 Å². The highest BCUT2D eigenvalue weighted by Crippen LogP contribution is 2.31. The van der Waals surface area contributed by atoms with Crippen molar-refractivity contribution in [3.63, 3.8) is 0 Å². The molecule has 1 saturated heterocycles. The van der Waals surface area contributed by atoms with E-state index in [1.165, 1.54) is 0 Å². The SMILES string of the molecule is CCC(C)(C)Nc1cccnc1N(C)C1CCN(C(=O)c2c[nH]c3ccc(NS(C)(=O)=O)cc23)CC1. The van der Waals surface area contributed by atoms with Crippen molar-refractivity contribution < 1.29 is 13.2 Å². The Hall–Kier alpha value is -3.27. The molecular formula is C26H36N6O3S. The first kappa shape index (κ1) is 25.8. The van der Waals surface area contributed by atoms with Gasteiger partial charge in [0.05, 0.1) is 17.5 Å². The fourth-order valence-corrected chi connectivity index (χ4v) is 5.16. The summed E-state index contributed by atoms with van der Waals surface area (Å²) in [6, 6.07) is 9.44. The first-order chi connectivity index (χ1) is 17.0. The largest absolute Gasteiger partial charge is 0.377 e. The van der Waals surface area contributed by atoms with Crippen LogP contribution in [-0.4, -0.2) is 67.2 Å². The van der Waals surface area contributed by atoms with Gasteiger partial charge in [-0.25, -0.2) is 13.4 Å². The Bertz CT molecular complexity index is 1340. The third-order valence-corrected chi connectivity index (χ3v) is 7.60. The number of benzene rings is 1. The van der Waals surface area contributed by atoms with E-state index in [2.05, 4.69) is 58.8 Å². The third kappa shape index (κ3) is 5.75. The Kier molecular flexibility index (Phi) is 7.17. The molecule has 4 rings (SSSR count). The third-order valence-electron chi connectivity index (χ3n) is 6.99. The van der Waals surface area contributed by atoms with Crippen molar-refractivity contribution in [2.45, 2.75) is 51.6 Å². The van der Waals surface area contributed by atoms with Crippen LogP contribution in [0.1, 0.15) is 50.4 Å². The number of piperidine rings is 1. The van der Waals surface area contributed by atoms with Crippen molar-refractivity contribution in [1.29, 1.82) is 0 Å². The molecule has 1 fully saturated rings. The number of rotatable bonds is 8. The van der Waals surface area contributed by atoms with Crippen LogP contribution in [0.25, 0.3) is 10.9 Å². The maximum atomic E-state index is 13.4. The molecule has 0 saturated carbocycles. The van der Waals surface area contributed by atoms with Gasteiger partial charge in [0.15, 0.2) is 5.82 Å². The molecule has 36 heavy (non-hydrogen) atoms. The van der Waals surface area contributed by atoms with Crippen molar-refractivity contribution in [2.24, 2.45) is 0 Å². The number of aromatic nitrogens is 2. The second-order valence-corrected chi connectivity index (χ2v) is 12.0. The zero-order chi connectivity index (χ0) is 26.1. The van der Waals surface area contributed by atoms with Crippen LogP contribution in [0.4, 0.5) is 17.2 Å². The van der Waals surface area contributed by atoms with Gasteiger partial charge in [-0.15, -0.1) is 0 Å². The van der Waals surface area contributed by atoms with E-state index in [-0.39, 0.29) is 17.5 Å². The highest BCUT2D eigenvalue weighted by atomic mass is 32.2. The van der Waals surface area contributed by atoms with Gasteiger partial charge in [0.1, 0.15) is 0 Å². The number of carbonyl (C=O) groups is 1. The summed E-state index contributed by atoms with van der Waals surface area (Å²) in [6.45, 7) is 7.80. The van der Waals surface area contributed by atoms with E-state index in [0.717, 1.165) is 42.5 Å². The van der Waals surface area contributed by atoms with Crippen LogP contribution in [0.3, 0.4) is 0 Å². The molecule has 1 amide bonds. The fraction of sp³-hybridized carbons (Fsp3) is 0.462. The highest BCUT2D eigenvalue weighted by Gasteiger charge is 2.29. The molecule has 3 N–H and O–H groups in total. The second-order valence-electron chi connectivity index (χ2n) is 10.2. The van der Waals surface area contributed by atoms with E-state index in [9.17, 15) is 13.2 Å². The van der Waals surface area contributed by atoms with Crippen molar-refractivity contribution in [3.8, 4) is 0 Å². The van der Waals surface area contributed by atoms with E-state index in [4.69, 9.17) is 0 Å². The first-order valence-corrected chi connectivity index (χ1v) is 14.2. The number of nitrogens with one attached hydrogen (secondary N) is 3.